The van der Waals surface area contributed by atoms with Gasteiger partial charge in [-0.25, -0.2) is 0 Å². The topological polar surface area (TPSA) is 97.6 Å². The summed E-state index contributed by atoms with van der Waals surface area (Å²) in [6.45, 7) is 7.59. The van der Waals surface area contributed by atoms with Crippen LogP contribution in [0, 0.1) is 11.3 Å². The van der Waals surface area contributed by atoms with Crippen molar-refractivity contribution in [3.63, 3.8) is 0 Å². The van der Waals surface area contributed by atoms with Crippen molar-refractivity contribution in [1.82, 2.24) is 4.57 Å². The first-order chi connectivity index (χ1) is 15.6. The Kier molecular flexibility index (Phi) is 7.76. The number of thiophene rings is 2. The largest absolute Gasteiger partial charge is 0.469 e. The number of nitrogens with one attached hydrogen (secondary N) is 1. The van der Waals surface area contributed by atoms with E-state index < -0.39 is 23.4 Å². The van der Waals surface area contributed by atoms with Gasteiger partial charge in [0.2, 0.25) is 5.91 Å². The van der Waals surface area contributed by atoms with Crippen LogP contribution in [0.2, 0.25) is 0 Å². The van der Waals surface area contributed by atoms with Gasteiger partial charge in [0.05, 0.1) is 33.8 Å². The van der Waals surface area contributed by atoms with Crippen LogP contribution in [0.3, 0.4) is 0 Å². The van der Waals surface area contributed by atoms with Gasteiger partial charge in [-0.05, 0) is 41.8 Å². The first-order valence-electron chi connectivity index (χ1n) is 10.8. The lowest BCUT2D eigenvalue weighted by atomic mass is 9.94. The summed E-state index contributed by atoms with van der Waals surface area (Å²) in [5.74, 6) is -1.65. The highest BCUT2D eigenvalue weighted by Gasteiger charge is 2.32. The third-order valence-electron chi connectivity index (χ3n) is 5.61. The predicted octanol–water partition coefficient (Wildman–Crippen LogP) is 4.58. The number of aromatic nitrogens is 1. The second-order valence-electron chi connectivity index (χ2n) is 8.92. The fraction of sp³-hybridized carbons (Fsp3) is 0.458. The fourth-order valence-corrected chi connectivity index (χ4v) is 5.35. The number of carbonyl (C=O) groups excluding carboxylic acids is 2. The minimum atomic E-state index is -1.18. The van der Waals surface area contributed by atoms with Crippen LogP contribution < -0.4 is 10.9 Å². The number of pyridine rings is 1. The average molecular weight is 491 g/mol. The molecular formula is C24H30N2O5S2. The zero-order valence-corrected chi connectivity index (χ0v) is 21.1. The molecule has 3 aromatic heterocycles. The zero-order chi connectivity index (χ0) is 24.3. The minimum Gasteiger partial charge on any atom is -0.469 e. The van der Waals surface area contributed by atoms with E-state index in [2.05, 4.69) is 5.32 Å². The number of methoxy groups -OCH3 is 1. The van der Waals surface area contributed by atoms with Crippen molar-refractivity contribution in [1.29, 1.82) is 0 Å². The number of anilines is 1. The minimum absolute atomic E-state index is 0.0873. The molecule has 3 rings (SSSR count). The molecular weight excluding hydrogens is 460 g/mol. The molecule has 178 valence electrons. The normalized spacial score (nSPS) is 13.6. The van der Waals surface area contributed by atoms with Crippen LogP contribution >= 0.6 is 22.7 Å². The number of fused-ring (bicyclic) bond motifs is 1. The number of amides is 1. The molecule has 0 aromatic carbocycles. The van der Waals surface area contributed by atoms with E-state index in [1.807, 2.05) is 24.4 Å². The van der Waals surface area contributed by atoms with Gasteiger partial charge in [0, 0.05) is 17.5 Å². The van der Waals surface area contributed by atoms with Gasteiger partial charge >= 0.3 is 5.97 Å². The molecule has 0 saturated heterocycles. The van der Waals surface area contributed by atoms with E-state index >= 15 is 0 Å². The van der Waals surface area contributed by atoms with E-state index in [9.17, 15) is 19.5 Å². The van der Waals surface area contributed by atoms with Gasteiger partial charge in [-0.2, -0.15) is 0 Å². The number of carbonyl (C=O) groups is 2. The third kappa shape index (κ3) is 5.37. The van der Waals surface area contributed by atoms with Gasteiger partial charge in [0.1, 0.15) is 6.10 Å². The van der Waals surface area contributed by atoms with Crippen molar-refractivity contribution in [2.45, 2.75) is 53.2 Å². The smallest absolute Gasteiger partial charge is 0.311 e. The van der Waals surface area contributed by atoms with E-state index in [0.717, 1.165) is 10.2 Å². The molecule has 2 unspecified atom stereocenters. The number of aryl methyl sites for hydroxylation is 2. The fourth-order valence-electron chi connectivity index (χ4n) is 3.59. The lowest BCUT2D eigenvalue weighted by Gasteiger charge is -2.23. The summed E-state index contributed by atoms with van der Waals surface area (Å²) >= 11 is 2.82. The van der Waals surface area contributed by atoms with Crippen molar-refractivity contribution < 1.29 is 19.4 Å². The monoisotopic (exact) mass is 490 g/mol. The predicted molar refractivity (Wildman–Crippen MR) is 133 cm³/mol. The van der Waals surface area contributed by atoms with Crippen LogP contribution in [0.1, 0.15) is 50.7 Å². The number of esters is 1. The van der Waals surface area contributed by atoms with Crippen molar-refractivity contribution in [3.8, 4) is 0 Å². The summed E-state index contributed by atoms with van der Waals surface area (Å²) in [7, 11) is 1.28. The highest BCUT2D eigenvalue weighted by atomic mass is 32.1. The highest BCUT2D eigenvalue weighted by Crippen LogP contribution is 2.36. The molecule has 2 N–H and O–H groups in total. The second kappa shape index (κ2) is 10.2. The van der Waals surface area contributed by atoms with Gasteiger partial charge in [0.15, 0.2) is 0 Å². The summed E-state index contributed by atoms with van der Waals surface area (Å²) in [6.07, 6.45) is -0.367. The summed E-state index contributed by atoms with van der Waals surface area (Å²) in [6, 6.07) is 5.52. The molecule has 1 amide bonds. The number of hydrogen-bond donors (Lipinski definition) is 2. The van der Waals surface area contributed by atoms with Crippen LogP contribution in [0.5, 0.6) is 0 Å². The summed E-state index contributed by atoms with van der Waals surface area (Å²) in [4.78, 5) is 38.6. The van der Waals surface area contributed by atoms with E-state index in [-0.39, 0.29) is 24.4 Å². The SMILES string of the molecule is CCc1cc2sccc2n(CCC(C(=O)OC)C(O)c2sccc2NC(=O)C(C)(C)C)c1=O. The van der Waals surface area contributed by atoms with Crippen molar-refractivity contribution >= 4 is 50.5 Å². The first kappa shape index (κ1) is 25.1. The number of rotatable bonds is 8. The average Bonchev–Trinajstić information content (AvgIpc) is 3.42. The molecule has 0 saturated carbocycles. The quantitative estimate of drug-likeness (QED) is 0.450. The Morgan fingerprint density at radius 3 is 2.55 bits per heavy atom. The maximum atomic E-state index is 13.0. The Morgan fingerprint density at radius 1 is 1.21 bits per heavy atom. The molecule has 0 aliphatic rings. The molecule has 7 nitrogen and oxygen atoms in total. The molecule has 0 aliphatic carbocycles. The molecule has 0 fully saturated rings. The lowest BCUT2D eigenvalue weighted by molar-refractivity contribution is -0.150. The summed E-state index contributed by atoms with van der Waals surface area (Å²) in [5.41, 5.74) is 1.31. The Labute approximate surface area is 201 Å². The first-order valence-corrected chi connectivity index (χ1v) is 12.6. The zero-order valence-electron chi connectivity index (χ0n) is 19.5. The van der Waals surface area contributed by atoms with E-state index in [4.69, 9.17) is 4.74 Å². The van der Waals surface area contributed by atoms with Gasteiger partial charge < -0.3 is 19.7 Å². The van der Waals surface area contributed by atoms with Crippen molar-refractivity contribution in [3.05, 3.63) is 49.8 Å². The molecule has 0 aliphatic heterocycles. The number of aliphatic hydroxyl groups excluding tert-OH is 1. The third-order valence-corrected chi connectivity index (χ3v) is 7.45. The number of ether oxygens (including phenoxy) is 1. The highest BCUT2D eigenvalue weighted by molar-refractivity contribution is 7.17. The second-order valence-corrected chi connectivity index (χ2v) is 10.8. The summed E-state index contributed by atoms with van der Waals surface area (Å²) in [5, 5.41) is 17.7. The Bertz CT molecular complexity index is 1200. The Balaban J connectivity index is 1.89. The van der Waals surface area contributed by atoms with Crippen LogP contribution in [0.15, 0.2) is 33.8 Å². The number of nitrogens with zero attached hydrogens (tertiary/aromatic N) is 1. The molecule has 33 heavy (non-hydrogen) atoms. The van der Waals surface area contributed by atoms with E-state index in [1.54, 1.807) is 48.1 Å². The van der Waals surface area contributed by atoms with Crippen LogP contribution in [0.25, 0.3) is 10.2 Å². The number of hydrogen-bond acceptors (Lipinski definition) is 7. The maximum Gasteiger partial charge on any atom is 0.311 e. The molecule has 9 heteroatoms. The van der Waals surface area contributed by atoms with Crippen molar-refractivity contribution in [2.75, 3.05) is 12.4 Å². The van der Waals surface area contributed by atoms with Crippen LogP contribution in [0.4, 0.5) is 5.69 Å². The van der Waals surface area contributed by atoms with Gasteiger partial charge in [-0.3, -0.25) is 14.4 Å². The standard InChI is InChI=1S/C24H30N2O5S2/c1-6-14-13-18-17(9-12-32-18)26(21(14)28)10-7-15(22(29)31-5)19(27)20-16(8-11-33-20)25-23(30)24(2,3)4/h8-9,11-13,15,19,27H,6-7,10H2,1-5H3,(H,25,30). The molecule has 0 spiro atoms. The van der Waals surface area contributed by atoms with E-state index in [0.29, 0.717) is 22.5 Å². The van der Waals surface area contributed by atoms with E-state index in [1.165, 1.54) is 18.4 Å². The molecule has 3 aromatic rings. The Hall–Kier alpha value is -2.49. The Morgan fingerprint density at radius 2 is 1.91 bits per heavy atom. The van der Waals surface area contributed by atoms with Gasteiger partial charge in [-0.15, -0.1) is 22.7 Å². The maximum absolute atomic E-state index is 13.0. The van der Waals surface area contributed by atoms with Gasteiger partial charge in [-0.1, -0.05) is 27.7 Å². The lowest BCUT2D eigenvalue weighted by Crippen LogP contribution is -2.30. The molecule has 3 heterocycles. The van der Waals surface area contributed by atoms with Crippen molar-refractivity contribution in [2.24, 2.45) is 11.3 Å². The molecule has 0 radical (unpaired) electrons. The summed E-state index contributed by atoms with van der Waals surface area (Å²) < 4.78 is 7.65. The van der Waals surface area contributed by atoms with Crippen LogP contribution in [-0.4, -0.2) is 28.7 Å². The number of aliphatic hydroxyl groups is 1. The molecule has 0 bridgehead atoms. The van der Waals surface area contributed by atoms with Crippen LogP contribution in [-0.2, 0) is 27.3 Å². The molecule has 2 atom stereocenters. The van der Waals surface area contributed by atoms with Gasteiger partial charge in [0.25, 0.3) is 5.56 Å².